The molecule has 6 nitrogen and oxygen atoms in total. The third-order valence-electron chi connectivity index (χ3n) is 3.96. The lowest BCUT2D eigenvalue weighted by molar-refractivity contribution is 0.0951. The molecule has 3 aromatic rings. The summed E-state index contributed by atoms with van der Waals surface area (Å²) in [5, 5.41) is 12.9. The molecule has 0 spiro atoms. The minimum Gasteiger partial charge on any atom is -0.345 e. The van der Waals surface area contributed by atoms with E-state index in [4.69, 9.17) is 0 Å². The molecule has 0 saturated carbocycles. The molecule has 27 heavy (non-hydrogen) atoms. The Bertz CT molecular complexity index is 905. The zero-order chi connectivity index (χ0) is 19.2. The standard InChI is InChI=1S/C20H23N5OS/c1-4-18-23-24-19(27-18)12-22-20(26)16-7-5-6-15(10-16)17-9-8-14(11-21-17)13-25(2)3/h5-11H,4,12-13H2,1-3H3,(H,22,26). The fourth-order valence-electron chi connectivity index (χ4n) is 2.63. The molecule has 0 aliphatic rings. The second-order valence-electron chi connectivity index (χ2n) is 6.50. The Labute approximate surface area is 163 Å². The fourth-order valence-corrected chi connectivity index (χ4v) is 3.36. The van der Waals surface area contributed by atoms with Gasteiger partial charge in [-0.05, 0) is 44.3 Å². The number of hydrogen-bond acceptors (Lipinski definition) is 6. The van der Waals surface area contributed by atoms with Gasteiger partial charge in [0.1, 0.15) is 10.0 Å². The van der Waals surface area contributed by atoms with Gasteiger partial charge in [-0.1, -0.05) is 36.5 Å². The van der Waals surface area contributed by atoms with Gasteiger partial charge in [-0.2, -0.15) is 0 Å². The van der Waals surface area contributed by atoms with Crippen LogP contribution in [0.25, 0.3) is 11.3 Å². The lowest BCUT2D eigenvalue weighted by Crippen LogP contribution is -2.22. The van der Waals surface area contributed by atoms with Crippen molar-refractivity contribution in [3.05, 3.63) is 63.7 Å². The maximum atomic E-state index is 12.5. The molecule has 1 aromatic carbocycles. The van der Waals surface area contributed by atoms with Gasteiger partial charge in [0, 0.05) is 23.9 Å². The van der Waals surface area contributed by atoms with Gasteiger partial charge >= 0.3 is 0 Å². The van der Waals surface area contributed by atoms with Crippen molar-refractivity contribution in [1.29, 1.82) is 0 Å². The van der Waals surface area contributed by atoms with E-state index < -0.39 is 0 Å². The molecule has 0 aliphatic carbocycles. The quantitative estimate of drug-likeness (QED) is 0.681. The summed E-state index contributed by atoms with van der Waals surface area (Å²) in [4.78, 5) is 19.1. The Morgan fingerprint density at radius 3 is 2.63 bits per heavy atom. The number of aromatic nitrogens is 3. The number of rotatable bonds is 7. The number of benzene rings is 1. The number of carbonyl (C=O) groups excluding carboxylic acids is 1. The number of aryl methyl sites for hydroxylation is 1. The molecule has 2 aromatic heterocycles. The van der Waals surface area contributed by atoms with Crippen LogP contribution < -0.4 is 5.32 Å². The van der Waals surface area contributed by atoms with Crippen LogP contribution in [0.4, 0.5) is 0 Å². The van der Waals surface area contributed by atoms with E-state index in [1.807, 2.05) is 51.5 Å². The average Bonchev–Trinajstić information content (AvgIpc) is 3.14. The Morgan fingerprint density at radius 1 is 1.15 bits per heavy atom. The van der Waals surface area contributed by atoms with Gasteiger partial charge < -0.3 is 10.2 Å². The molecule has 1 N–H and O–H groups in total. The molecule has 2 heterocycles. The van der Waals surface area contributed by atoms with Crippen molar-refractivity contribution in [3.63, 3.8) is 0 Å². The van der Waals surface area contributed by atoms with Crippen molar-refractivity contribution >= 4 is 17.2 Å². The van der Waals surface area contributed by atoms with Crippen LogP contribution in [-0.4, -0.2) is 40.1 Å². The number of pyridine rings is 1. The first-order valence-corrected chi connectivity index (χ1v) is 9.66. The van der Waals surface area contributed by atoms with E-state index in [2.05, 4.69) is 31.5 Å². The number of hydrogen-bond donors (Lipinski definition) is 1. The number of nitrogens with one attached hydrogen (secondary N) is 1. The van der Waals surface area contributed by atoms with Gasteiger partial charge in [-0.3, -0.25) is 9.78 Å². The summed E-state index contributed by atoms with van der Waals surface area (Å²) in [6, 6.07) is 11.6. The highest BCUT2D eigenvalue weighted by Gasteiger charge is 2.10. The first-order valence-electron chi connectivity index (χ1n) is 8.84. The van der Waals surface area contributed by atoms with Crippen molar-refractivity contribution in [2.45, 2.75) is 26.4 Å². The van der Waals surface area contributed by atoms with Crippen molar-refractivity contribution in [2.24, 2.45) is 0 Å². The maximum absolute atomic E-state index is 12.5. The highest BCUT2D eigenvalue weighted by molar-refractivity contribution is 7.11. The smallest absolute Gasteiger partial charge is 0.251 e. The molecule has 0 radical (unpaired) electrons. The van der Waals surface area contributed by atoms with E-state index in [0.717, 1.165) is 39.8 Å². The Kier molecular flexibility index (Phi) is 6.26. The number of nitrogens with zero attached hydrogens (tertiary/aromatic N) is 4. The minimum absolute atomic E-state index is 0.130. The van der Waals surface area contributed by atoms with E-state index in [9.17, 15) is 4.79 Å². The van der Waals surface area contributed by atoms with Crippen LogP contribution in [0.2, 0.25) is 0 Å². The molecule has 7 heteroatoms. The molecule has 3 rings (SSSR count). The number of carbonyl (C=O) groups is 1. The van der Waals surface area contributed by atoms with Crippen LogP contribution >= 0.6 is 11.3 Å². The van der Waals surface area contributed by atoms with Crippen molar-refractivity contribution in [3.8, 4) is 11.3 Å². The van der Waals surface area contributed by atoms with Gasteiger partial charge in [-0.25, -0.2) is 0 Å². The highest BCUT2D eigenvalue weighted by Crippen LogP contribution is 2.19. The second-order valence-corrected chi connectivity index (χ2v) is 7.64. The third-order valence-corrected chi connectivity index (χ3v) is 5.02. The summed E-state index contributed by atoms with van der Waals surface area (Å²) in [7, 11) is 4.06. The lowest BCUT2D eigenvalue weighted by Gasteiger charge is -2.10. The van der Waals surface area contributed by atoms with Gasteiger partial charge in [0.05, 0.1) is 12.2 Å². The first kappa shape index (κ1) is 19.1. The molecular formula is C20H23N5OS. The second kappa shape index (κ2) is 8.83. The third kappa shape index (κ3) is 5.18. The van der Waals surface area contributed by atoms with Crippen molar-refractivity contribution in [2.75, 3.05) is 14.1 Å². The normalized spacial score (nSPS) is 11.0. The van der Waals surface area contributed by atoms with Crippen LogP contribution in [0.3, 0.4) is 0 Å². The van der Waals surface area contributed by atoms with Gasteiger partial charge in [0.25, 0.3) is 5.91 Å². The predicted octanol–water partition coefficient (Wildman–Crippen LogP) is 3.15. The summed E-state index contributed by atoms with van der Waals surface area (Å²) < 4.78 is 0. The van der Waals surface area contributed by atoms with Gasteiger partial charge in [-0.15, -0.1) is 10.2 Å². The molecule has 0 saturated heterocycles. The molecular weight excluding hydrogens is 358 g/mol. The molecule has 0 fully saturated rings. The van der Waals surface area contributed by atoms with Crippen LogP contribution in [0.1, 0.15) is 32.9 Å². The molecule has 0 bridgehead atoms. The van der Waals surface area contributed by atoms with Crippen LogP contribution in [0.5, 0.6) is 0 Å². The van der Waals surface area contributed by atoms with E-state index in [1.165, 1.54) is 11.3 Å². The predicted molar refractivity (Wildman–Crippen MR) is 108 cm³/mol. The topological polar surface area (TPSA) is 71.0 Å². The fraction of sp³-hybridized carbons (Fsp3) is 0.300. The lowest BCUT2D eigenvalue weighted by atomic mass is 10.1. The van der Waals surface area contributed by atoms with Crippen molar-refractivity contribution in [1.82, 2.24) is 25.4 Å². The Hall–Kier alpha value is -2.64. The van der Waals surface area contributed by atoms with E-state index in [-0.39, 0.29) is 5.91 Å². The highest BCUT2D eigenvalue weighted by atomic mass is 32.1. The maximum Gasteiger partial charge on any atom is 0.251 e. The molecule has 0 unspecified atom stereocenters. The molecule has 1 amide bonds. The summed E-state index contributed by atoms with van der Waals surface area (Å²) in [6.45, 7) is 3.27. The monoisotopic (exact) mass is 381 g/mol. The molecule has 0 aliphatic heterocycles. The molecule has 0 atom stereocenters. The Morgan fingerprint density at radius 2 is 1.96 bits per heavy atom. The van der Waals surface area contributed by atoms with E-state index >= 15 is 0 Å². The van der Waals surface area contributed by atoms with Gasteiger partial charge in [0.15, 0.2) is 0 Å². The first-order chi connectivity index (χ1) is 13.0. The zero-order valence-corrected chi connectivity index (χ0v) is 16.6. The van der Waals surface area contributed by atoms with Crippen LogP contribution in [0.15, 0.2) is 42.6 Å². The summed E-state index contributed by atoms with van der Waals surface area (Å²) in [6.07, 6.45) is 2.73. The number of amides is 1. The van der Waals surface area contributed by atoms with Crippen molar-refractivity contribution < 1.29 is 4.79 Å². The minimum atomic E-state index is -0.130. The SMILES string of the molecule is CCc1nnc(CNC(=O)c2cccc(-c3ccc(CN(C)C)cn3)c2)s1. The Balaban J connectivity index is 1.68. The van der Waals surface area contributed by atoms with Gasteiger partial charge in [0.2, 0.25) is 0 Å². The van der Waals surface area contributed by atoms with Crippen LogP contribution in [0, 0.1) is 0 Å². The summed E-state index contributed by atoms with van der Waals surface area (Å²) in [5.41, 5.74) is 3.53. The molecule has 140 valence electrons. The summed E-state index contributed by atoms with van der Waals surface area (Å²) in [5.74, 6) is -0.130. The van der Waals surface area contributed by atoms with E-state index in [1.54, 1.807) is 6.07 Å². The summed E-state index contributed by atoms with van der Waals surface area (Å²) >= 11 is 1.53. The van der Waals surface area contributed by atoms with Crippen LogP contribution in [-0.2, 0) is 19.5 Å². The largest absolute Gasteiger partial charge is 0.345 e. The average molecular weight is 382 g/mol. The zero-order valence-electron chi connectivity index (χ0n) is 15.8. The van der Waals surface area contributed by atoms with E-state index in [0.29, 0.717) is 12.1 Å².